The zero-order chi connectivity index (χ0) is 19.6. The molecule has 152 valence electrons. The first-order valence-electron chi connectivity index (χ1n) is 10.4. The van der Waals surface area contributed by atoms with Gasteiger partial charge in [0.25, 0.3) is 5.92 Å². The van der Waals surface area contributed by atoms with Gasteiger partial charge >= 0.3 is 5.97 Å². The fourth-order valence-corrected chi connectivity index (χ4v) is 5.50. The molecule has 6 rings (SSSR count). The van der Waals surface area contributed by atoms with Crippen LogP contribution in [-0.2, 0) is 17.1 Å². The van der Waals surface area contributed by atoms with Crippen molar-refractivity contribution in [3.05, 3.63) is 11.3 Å². The molecule has 3 atom stereocenters. The van der Waals surface area contributed by atoms with Crippen LogP contribution < -0.4 is 9.80 Å². The second-order valence-electron chi connectivity index (χ2n) is 8.99. The van der Waals surface area contributed by atoms with Crippen molar-refractivity contribution in [1.29, 1.82) is 0 Å². The Kier molecular flexibility index (Phi) is 4.04. The molecule has 6 nitrogen and oxygen atoms in total. The summed E-state index contributed by atoms with van der Waals surface area (Å²) in [6, 6.07) is 0.276. The molecule has 1 aromatic heterocycles. The third-order valence-corrected chi connectivity index (χ3v) is 7.25. The number of rotatable bonds is 4. The molecule has 2 bridgehead atoms. The molecule has 2 aliphatic carbocycles. The predicted molar refractivity (Wildman–Crippen MR) is 99.8 cm³/mol. The fraction of sp³-hybridized carbons (Fsp3) is 0.750. The van der Waals surface area contributed by atoms with Crippen LogP contribution in [0.5, 0.6) is 0 Å². The number of hydrogen-bond donors (Lipinski definition) is 1. The third-order valence-electron chi connectivity index (χ3n) is 7.25. The number of nitrogens with zero attached hydrogens (tertiary/aromatic N) is 4. The number of hydrogen-bond acceptors (Lipinski definition) is 5. The Morgan fingerprint density at radius 2 is 2.04 bits per heavy atom. The first kappa shape index (κ1) is 18.1. The number of carboxylic acid groups (broad SMARTS) is 1. The van der Waals surface area contributed by atoms with Crippen LogP contribution >= 0.6 is 0 Å². The van der Waals surface area contributed by atoms with E-state index in [0.29, 0.717) is 55.1 Å². The van der Waals surface area contributed by atoms with Gasteiger partial charge in [-0.1, -0.05) is 0 Å². The van der Waals surface area contributed by atoms with Crippen LogP contribution in [0.3, 0.4) is 0 Å². The van der Waals surface area contributed by atoms with Crippen LogP contribution in [0.4, 0.5) is 20.5 Å². The van der Waals surface area contributed by atoms with E-state index in [1.807, 2.05) is 4.90 Å². The lowest BCUT2D eigenvalue weighted by Gasteiger charge is -2.54. The maximum Gasteiger partial charge on any atom is 0.303 e. The quantitative estimate of drug-likeness (QED) is 0.849. The zero-order valence-corrected chi connectivity index (χ0v) is 16.1. The molecule has 8 heteroatoms. The van der Waals surface area contributed by atoms with Gasteiger partial charge in [-0.2, -0.15) is 13.8 Å². The monoisotopic (exact) mass is 392 g/mol. The lowest BCUT2D eigenvalue weighted by molar-refractivity contribution is -0.141. The number of aromatic nitrogens is 2. The van der Waals surface area contributed by atoms with Crippen molar-refractivity contribution in [3.63, 3.8) is 0 Å². The van der Waals surface area contributed by atoms with Gasteiger partial charge in [-0.15, -0.1) is 0 Å². The first-order valence-corrected chi connectivity index (χ1v) is 10.4. The maximum atomic E-state index is 14.7. The molecule has 1 saturated carbocycles. The Morgan fingerprint density at radius 1 is 1.29 bits per heavy atom. The molecule has 4 heterocycles. The molecule has 0 amide bonds. The van der Waals surface area contributed by atoms with Crippen molar-refractivity contribution in [2.75, 3.05) is 29.4 Å². The Morgan fingerprint density at radius 3 is 2.64 bits per heavy atom. The molecule has 5 aliphatic rings. The van der Waals surface area contributed by atoms with E-state index in [-0.39, 0.29) is 30.5 Å². The van der Waals surface area contributed by atoms with E-state index in [9.17, 15) is 13.6 Å². The molecule has 3 saturated heterocycles. The second kappa shape index (κ2) is 6.26. The summed E-state index contributed by atoms with van der Waals surface area (Å²) in [7, 11) is 0. The zero-order valence-electron chi connectivity index (χ0n) is 16.1. The average Bonchev–Trinajstić information content (AvgIpc) is 2.64. The Bertz CT molecular complexity index is 806. The topological polar surface area (TPSA) is 69.6 Å². The SMILES string of the molecule is C[C@H]1CCN1c1nc(N2CC3CC(C2)C3CC(=O)O)c2c(n1)C(F)(F)CCC2. The van der Waals surface area contributed by atoms with E-state index < -0.39 is 11.9 Å². The van der Waals surface area contributed by atoms with Gasteiger partial charge < -0.3 is 14.9 Å². The van der Waals surface area contributed by atoms with Gasteiger partial charge in [-0.3, -0.25) is 4.79 Å². The predicted octanol–water partition coefficient (Wildman–Crippen LogP) is 3.05. The summed E-state index contributed by atoms with van der Waals surface area (Å²) in [5, 5.41) is 9.14. The smallest absolute Gasteiger partial charge is 0.303 e. The highest BCUT2D eigenvalue weighted by atomic mass is 19.3. The van der Waals surface area contributed by atoms with E-state index in [1.165, 1.54) is 0 Å². The van der Waals surface area contributed by atoms with Crippen molar-refractivity contribution in [3.8, 4) is 0 Å². The van der Waals surface area contributed by atoms with Gasteiger partial charge in [-0.25, -0.2) is 4.98 Å². The number of anilines is 2. The van der Waals surface area contributed by atoms with Crippen LogP contribution in [0.25, 0.3) is 0 Å². The fourth-order valence-electron chi connectivity index (χ4n) is 5.50. The molecule has 0 spiro atoms. The third kappa shape index (κ3) is 2.75. The largest absolute Gasteiger partial charge is 0.481 e. The van der Waals surface area contributed by atoms with Gasteiger partial charge in [-0.05, 0) is 50.4 Å². The van der Waals surface area contributed by atoms with E-state index in [4.69, 9.17) is 10.1 Å². The van der Waals surface area contributed by atoms with E-state index in [1.54, 1.807) is 0 Å². The van der Waals surface area contributed by atoms with Gasteiger partial charge in [0.15, 0.2) is 0 Å². The average molecular weight is 392 g/mol. The summed E-state index contributed by atoms with van der Waals surface area (Å²) < 4.78 is 29.4. The molecule has 2 unspecified atom stereocenters. The summed E-state index contributed by atoms with van der Waals surface area (Å²) in [6.07, 6.45) is 3.14. The normalized spacial score (nSPS) is 33.0. The summed E-state index contributed by atoms with van der Waals surface area (Å²) in [6.45, 7) is 4.28. The summed E-state index contributed by atoms with van der Waals surface area (Å²) in [4.78, 5) is 24.4. The van der Waals surface area contributed by atoms with Crippen LogP contribution in [-0.4, -0.2) is 46.7 Å². The Hall–Kier alpha value is -1.99. The van der Waals surface area contributed by atoms with Crippen molar-refractivity contribution in [2.45, 2.75) is 57.4 Å². The summed E-state index contributed by atoms with van der Waals surface area (Å²) >= 11 is 0. The van der Waals surface area contributed by atoms with E-state index >= 15 is 0 Å². The number of halogens is 2. The molecule has 28 heavy (non-hydrogen) atoms. The van der Waals surface area contributed by atoms with Crippen molar-refractivity contribution in [2.24, 2.45) is 17.8 Å². The van der Waals surface area contributed by atoms with Gasteiger partial charge in [0.05, 0.1) is 0 Å². The number of carboxylic acids is 1. The van der Waals surface area contributed by atoms with Crippen LogP contribution in [0.1, 0.15) is 50.3 Å². The number of carbonyl (C=O) groups is 1. The van der Waals surface area contributed by atoms with Crippen molar-refractivity contribution >= 4 is 17.7 Å². The minimum absolute atomic E-state index is 0.0841. The van der Waals surface area contributed by atoms with Crippen molar-refractivity contribution < 1.29 is 18.7 Å². The van der Waals surface area contributed by atoms with Gasteiger partial charge in [0.1, 0.15) is 11.5 Å². The number of aliphatic carboxylic acids is 1. The standard InChI is InChI=1S/C20H26F2N4O2/c1-11-4-6-26(11)19-23-17-14(3-2-5-20(17,21)22)18(24-19)25-9-12-7-13(10-25)15(12)8-16(27)28/h11-13,15H,2-10H2,1H3,(H,27,28)/t11-,12?,13?,15?/m0/s1. The van der Waals surface area contributed by atoms with Crippen LogP contribution in [0.15, 0.2) is 0 Å². The minimum atomic E-state index is -2.90. The molecule has 4 fully saturated rings. The van der Waals surface area contributed by atoms with Gasteiger partial charge in [0.2, 0.25) is 5.95 Å². The second-order valence-corrected chi connectivity index (χ2v) is 8.99. The number of fused-ring (bicyclic) bond motifs is 3. The van der Waals surface area contributed by atoms with E-state index in [0.717, 1.165) is 19.4 Å². The summed E-state index contributed by atoms with van der Waals surface area (Å²) in [5.74, 6) is -1.72. The molecular formula is C20H26F2N4O2. The Balaban J connectivity index is 1.49. The highest BCUT2D eigenvalue weighted by molar-refractivity contribution is 5.67. The van der Waals surface area contributed by atoms with E-state index in [2.05, 4.69) is 16.8 Å². The lowest BCUT2D eigenvalue weighted by Crippen LogP contribution is -2.56. The molecular weight excluding hydrogens is 366 g/mol. The molecule has 0 radical (unpaired) electrons. The molecule has 1 N–H and O–H groups in total. The summed E-state index contributed by atoms with van der Waals surface area (Å²) in [5.41, 5.74) is 0.517. The minimum Gasteiger partial charge on any atom is -0.481 e. The highest BCUT2D eigenvalue weighted by Crippen LogP contribution is 2.50. The van der Waals surface area contributed by atoms with Crippen molar-refractivity contribution in [1.82, 2.24) is 9.97 Å². The first-order chi connectivity index (χ1) is 13.3. The molecule has 3 aliphatic heterocycles. The maximum absolute atomic E-state index is 14.7. The molecule has 1 aromatic rings. The number of alkyl halides is 2. The van der Waals surface area contributed by atoms with Gasteiger partial charge in [0, 0.05) is 44.1 Å². The highest BCUT2D eigenvalue weighted by Gasteiger charge is 2.49. The van der Waals surface area contributed by atoms with Crippen LogP contribution in [0.2, 0.25) is 0 Å². The number of piperidine rings is 2. The Labute approximate surface area is 162 Å². The lowest BCUT2D eigenvalue weighted by atomic mass is 9.60. The molecule has 0 aromatic carbocycles. The van der Waals surface area contributed by atoms with Crippen LogP contribution in [0, 0.1) is 17.8 Å².